The van der Waals surface area contributed by atoms with E-state index >= 15 is 0 Å². The Bertz CT molecular complexity index is 527. The van der Waals surface area contributed by atoms with E-state index in [-0.39, 0.29) is 24.0 Å². The number of H-pyrrole nitrogens is 1. The highest BCUT2D eigenvalue weighted by atomic mass is 127. The molecule has 0 bridgehead atoms. The number of aromatic nitrogens is 1. The van der Waals surface area contributed by atoms with E-state index in [1.807, 2.05) is 6.07 Å². The predicted octanol–water partition coefficient (Wildman–Crippen LogP) is 2.89. The molecule has 0 fully saturated rings. The molecule has 110 valence electrons. The summed E-state index contributed by atoms with van der Waals surface area (Å²) in [6, 6.07) is 10.5. The normalized spacial score (nSPS) is 11.7. The van der Waals surface area contributed by atoms with Gasteiger partial charge in [-0.15, -0.1) is 24.0 Å². The first-order valence-electron chi connectivity index (χ1n) is 6.75. The van der Waals surface area contributed by atoms with E-state index in [1.54, 1.807) is 0 Å². The lowest BCUT2D eigenvalue weighted by Crippen LogP contribution is -2.33. The number of nitrogens with zero attached hydrogens (tertiary/aromatic N) is 1. The van der Waals surface area contributed by atoms with Crippen molar-refractivity contribution >= 4 is 40.8 Å². The molecule has 2 aromatic rings. The van der Waals surface area contributed by atoms with Gasteiger partial charge >= 0.3 is 0 Å². The monoisotopic (exact) mass is 386 g/mol. The molecule has 0 atom stereocenters. The number of para-hydroxylation sites is 1. The highest BCUT2D eigenvalue weighted by Gasteiger charge is 2.00. The number of rotatable bonds is 5. The minimum atomic E-state index is 0. The van der Waals surface area contributed by atoms with Crippen LogP contribution in [0, 0.1) is 5.92 Å². The minimum Gasteiger partial charge on any atom is -0.370 e. The van der Waals surface area contributed by atoms with Crippen LogP contribution in [0.2, 0.25) is 0 Å². The third kappa shape index (κ3) is 5.03. The minimum absolute atomic E-state index is 0. The molecule has 4 N–H and O–H groups in total. The molecule has 0 unspecified atom stereocenters. The lowest BCUT2D eigenvalue weighted by atomic mass is 10.2. The number of halogens is 1. The number of benzene rings is 1. The number of aromatic amines is 1. The zero-order valence-corrected chi connectivity index (χ0v) is 14.3. The first-order chi connectivity index (χ1) is 9.15. The summed E-state index contributed by atoms with van der Waals surface area (Å²) in [4.78, 5) is 7.67. The molecule has 1 aromatic heterocycles. The van der Waals surface area contributed by atoms with Crippen LogP contribution in [0.15, 0.2) is 35.3 Å². The largest absolute Gasteiger partial charge is 0.370 e. The van der Waals surface area contributed by atoms with Crippen LogP contribution in [0.4, 0.5) is 0 Å². The van der Waals surface area contributed by atoms with E-state index in [0.29, 0.717) is 11.9 Å². The van der Waals surface area contributed by atoms with Gasteiger partial charge in [-0.25, -0.2) is 0 Å². The topological polar surface area (TPSA) is 66.2 Å². The summed E-state index contributed by atoms with van der Waals surface area (Å²) in [6.07, 6.45) is 0.909. The average Bonchev–Trinajstić information content (AvgIpc) is 2.79. The second-order valence-electron chi connectivity index (χ2n) is 5.18. The van der Waals surface area contributed by atoms with Crippen molar-refractivity contribution in [2.24, 2.45) is 16.6 Å². The third-order valence-corrected chi connectivity index (χ3v) is 2.91. The molecule has 20 heavy (non-hydrogen) atoms. The van der Waals surface area contributed by atoms with Gasteiger partial charge in [0.15, 0.2) is 5.96 Å². The molecular formula is C15H23IN4. The Morgan fingerprint density at radius 2 is 2.10 bits per heavy atom. The first-order valence-corrected chi connectivity index (χ1v) is 6.75. The molecule has 0 amide bonds. The molecule has 0 saturated carbocycles. The third-order valence-electron chi connectivity index (χ3n) is 2.91. The van der Waals surface area contributed by atoms with Gasteiger partial charge in [0, 0.05) is 30.7 Å². The van der Waals surface area contributed by atoms with Gasteiger partial charge in [-0.2, -0.15) is 0 Å². The van der Waals surface area contributed by atoms with Gasteiger partial charge in [0.1, 0.15) is 0 Å². The second kappa shape index (κ2) is 8.14. The summed E-state index contributed by atoms with van der Waals surface area (Å²) in [5.41, 5.74) is 8.18. The van der Waals surface area contributed by atoms with Crippen LogP contribution in [0.3, 0.4) is 0 Å². The van der Waals surface area contributed by atoms with Crippen LogP contribution in [0.25, 0.3) is 10.9 Å². The lowest BCUT2D eigenvalue weighted by Gasteiger charge is -2.05. The van der Waals surface area contributed by atoms with Gasteiger partial charge in [-0.05, 0) is 23.4 Å². The number of nitrogens with two attached hydrogens (primary N) is 1. The molecule has 5 heteroatoms. The Morgan fingerprint density at radius 1 is 1.35 bits per heavy atom. The van der Waals surface area contributed by atoms with Crippen molar-refractivity contribution < 1.29 is 0 Å². The maximum atomic E-state index is 5.79. The molecular weight excluding hydrogens is 363 g/mol. The van der Waals surface area contributed by atoms with Crippen LogP contribution in [-0.4, -0.2) is 24.0 Å². The van der Waals surface area contributed by atoms with E-state index in [4.69, 9.17) is 5.73 Å². The summed E-state index contributed by atoms with van der Waals surface area (Å²) in [5, 5.41) is 4.39. The molecule has 0 saturated heterocycles. The lowest BCUT2D eigenvalue weighted by molar-refractivity contribution is 0.661. The SMILES string of the molecule is CC(C)CN=C(N)NCCc1cc2ccccc2[nH]1.I. The van der Waals surface area contributed by atoms with Crippen molar-refractivity contribution in [2.45, 2.75) is 20.3 Å². The van der Waals surface area contributed by atoms with Gasteiger partial charge in [0.25, 0.3) is 0 Å². The molecule has 4 nitrogen and oxygen atoms in total. The van der Waals surface area contributed by atoms with E-state index in [1.165, 1.54) is 16.6 Å². The van der Waals surface area contributed by atoms with E-state index in [9.17, 15) is 0 Å². The summed E-state index contributed by atoms with van der Waals surface area (Å²) in [7, 11) is 0. The van der Waals surface area contributed by atoms with Gasteiger partial charge < -0.3 is 16.0 Å². The fraction of sp³-hybridized carbons (Fsp3) is 0.400. The predicted molar refractivity (Wildman–Crippen MR) is 96.7 cm³/mol. The van der Waals surface area contributed by atoms with Gasteiger partial charge in [-0.3, -0.25) is 4.99 Å². The standard InChI is InChI=1S/C15H22N4.HI/c1-11(2)10-18-15(16)17-8-7-13-9-12-5-3-4-6-14(12)19-13;/h3-6,9,11,19H,7-8,10H2,1-2H3,(H3,16,17,18);1H. The van der Waals surface area contributed by atoms with Crippen LogP contribution < -0.4 is 11.1 Å². The van der Waals surface area contributed by atoms with Gasteiger partial charge in [0.05, 0.1) is 0 Å². The van der Waals surface area contributed by atoms with Gasteiger partial charge in [-0.1, -0.05) is 32.0 Å². The smallest absolute Gasteiger partial charge is 0.188 e. The Kier molecular flexibility index (Phi) is 6.84. The molecule has 2 rings (SSSR count). The molecule has 0 spiro atoms. The van der Waals surface area contributed by atoms with Crippen molar-refractivity contribution in [3.63, 3.8) is 0 Å². The fourth-order valence-corrected chi connectivity index (χ4v) is 1.93. The quantitative estimate of drug-likeness (QED) is 0.420. The molecule has 0 aliphatic carbocycles. The number of hydrogen-bond donors (Lipinski definition) is 3. The molecule has 0 aliphatic rings. The maximum Gasteiger partial charge on any atom is 0.188 e. The molecule has 0 aliphatic heterocycles. The van der Waals surface area contributed by atoms with Crippen LogP contribution in [0.5, 0.6) is 0 Å². The van der Waals surface area contributed by atoms with E-state index < -0.39 is 0 Å². The fourth-order valence-electron chi connectivity index (χ4n) is 1.93. The number of guanidine groups is 1. The molecule has 1 aromatic carbocycles. The Balaban J connectivity index is 0.00000200. The van der Waals surface area contributed by atoms with Gasteiger partial charge in [0.2, 0.25) is 0 Å². The summed E-state index contributed by atoms with van der Waals surface area (Å²) >= 11 is 0. The number of fused-ring (bicyclic) bond motifs is 1. The Labute approximate surface area is 137 Å². The zero-order chi connectivity index (χ0) is 13.7. The van der Waals surface area contributed by atoms with Crippen LogP contribution >= 0.6 is 24.0 Å². The average molecular weight is 386 g/mol. The first kappa shape index (κ1) is 16.8. The molecule has 1 heterocycles. The van der Waals surface area contributed by atoms with Crippen molar-refractivity contribution in [1.82, 2.24) is 10.3 Å². The highest BCUT2D eigenvalue weighted by Crippen LogP contribution is 2.14. The summed E-state index contributed by atoms with van der Waals surface area (Å²) in [5.74, 6) is 1.07. The van der Waals surface area contributed by atoms with E-state index in [0.717, 1.165) is 19.5 Å². The summed E-state index contributed by atoms with van der Waals surface area (Å²) in [6.45, 7) is 5.81. The second-order valence-corrected chi connectivity index (χ2v) is 5.18. The van der Waals surface area contributed by atoms with Crippen molar-refractivity contribution in [1.29, 1.82) is 0 Å². The van der Waals surface area contributed by atoms with Crippen LogP contribution in [-0.2, 0) is 6.42 Å². The van der Waals surface area contributed by atoms with Crippen molar-refractivity contribution in [3.05, 3.63) is 36.0 Å². The number of hydrogen-bond acceptors (Lipinski definition) is 1. The number of nitrogens with one attached hydrogen (secondary N) is 2. The van der Waals surface area contributed by atoms with Crippen LogP contribution in [0.1, 0.15) is 19.5 Å². The Hall–Kier alpha value is -1.24. The zero-order valence-electron chi connectivity index (χ0n) is 12.0. The van der Waals surface area contributed by atoms with Crippen molar-refractivity contribution in [2.75, 3.05) is 13.1 Å². The maximum absolute atomic E-state index is 5.79. The highest BCUT2D eigenvalue weighted by molar-refractivity contribution is 14.0. The Morgan fingerprint density at radius 3 is 2.80 bits per heavy atom. The van der Waals surface area contributed by atoms with E-state index in [2.05, 4.69) is 53.4 Å². The van der Waals surface area contributed by atoms with Crippen molar-refractivity contribution in [3.8, 4) is 0 Å². The summed E-state index contributed by atoms with van der Waals surface area (Å²) < 4.78 is 0. The number of aliphatic imine (C=N–C) groups is 1. The molecule has 0 radical (unpaired) electrons.